The van der Waals surface area contributed by atoms with Crippen LogP contribution < -0.4 is 5.32 Å². The van der Waals surface area contributed by atoms with Crippen LogP contribution in [0.4, 0.5) is 13.2 Å². The average molecular weight is 420 g/mol. The molecule has 8 heteroatoms. The predicted molar refractivity (Wildman–Crippen MR) is 108 cm³/mol. The maximum Gasteiger partial charge on any atom is 0.490 e. The summed E-state index contributed by atoms with van der Waals surface area (Å²) in [5.41, 5.74) is 3.14. The van der Waals surface area contributed by atoms with E-state index in [0.29, 0.717) is 6.54 Å². The molecule has 2 aromatic carbocycles. The molecule has 0 saturated heterocycles. The van der Waals surface area contributed by atoms with E-state index in [0.717, 1.165) is 16.6 Å². The van der Waals surface area contributed by atoms with Crippen molar-refractivity contribution in [3.63, 3.8) is 0 Å². The molecule has 160 valence electrons. The Bertz CT molecular complexity index is 970. The van der Waals surface area contributed by atoms with Gasteiger partial charge in [0.15, 0.2) is 0 Å². The Morgan fingerprint density at radius 3 is 2.30 bits per heavy atom. The lowest BCUT2D eigenvalue weighted by Crippen LogP contribution is -2.25. The number of aryl methyl sites for hydroxylation is 1. The van der Waals surface area contributed by atoms with Gasteiger partial charge in [0, 0.05) is 24.2 Å². The zero-order valence-electron chi connectivity index (χ0n) is 16.5. The Labute approximate surface area is 172 Å². The first kappa shape index (κ1) is 23.3. The fraction of sp³-hybridized carbons (Fsp3) is 0.273. The lowest BCUT2D eigenvalue weighted by atomic mass is 10.0. The molecule has 0 aliphatic rings. The number of aliphatic hydroxyl groups excluding tert-OH is 1. The first-order valence-electron chi connectivity index (χ1n) is 9.21. The highest BCUT2D eigenvalue weighted by molar-refractivity contribution is 5.84. The van der Waals surface area contributed by atoms with Crippen LogP contribution in [0.5, 0.6) is 0 Å². The summed E-state index contributed by atoms with van der Waals surface area (Å²) in [7, 11) is 0. The Kier molecular flexibility index (Phi) is 7.91. The number of benzene rings is 2. The van der Waals surface area contributed by atoms with Gasteiger partial charge >= 0.3 is 12.1 Å². The van der Waals surface area contributed by atoms with Gasteiger partial charge in [-0.25, -0.2) is 4.79 Å². The summed E-state index contributed by atoms with van der Waals surface area (Å²) in [5, 5.41) is 23.2. The molecule has 3 aromatic rings. The third-order valence-electron chi connectivity index (χ3n) is 4.44. The van der Waals surface area contributed by atoms with Gasteiger partial charge in [-0.2, -0.15) is 13.2 Å². The number of alkyl halides is 3. The van der Waals surface area contributed by atoms with E-state index in [9.17, 15) is 18.3 Å². The fourth-order valence-corrected chi connectivity index (χ4v) is 2.78. The molecule has 3 N–H and O–H groups in total. The standard InChI is InChI=1S/C20H22N2O.C2HF3O2/c1-14-7-9-17(10-8-14)19(23)13-22-15(2)20-18-6-4-3-5-16(18)11-12-21-20;3-2(4,5)1(6)7/h3-12,15,19,22-23H,13H2,1-2H3;(H,6,7). The molecule has 5 nitrogen and oxygen atoms in total. The number of rotatable bonds is 5. The molecular weight excluding hydrogens is 397 g/mol. The van der Waals surface area contributed by atoms with Gasteiger partial charge < -0.3 is 15.5 Å². The van der Waals surface area contributed by atoms with Crippen molar-refractivity contribution in [3.8, 4) is 0 Å². The van der Waals surface area contributed by atoms with Crippen LogP contribution in [0.2, 0.25) is 0 Å². The first-order valence-corrected chi connectivity index (χ1v) is 9.21. The molecule has 0 spiro atoms. The molecule has 0 radical (unpaired) electrons. The number of halogens is 3. The lowest BCUT2D eigenvalue weighted by molar-refractivity contribution is -0.192. The second kappa shape index (κ2) is 10.2. The van der Waals surface area contributed by atoms with E-state index in [4.69, 9.17) is 9.90 Å². The van der Waals surface area contributed by atoms with Crippen LogP contribution >= 0.6 is 0 Å². The van der Waals surface area contributed by atoms with Crippen molar-refractivity contribution >= 4 is 16.7 Å². The van der Waals surface area contributed by atoms with Gasteiger partial charge in [-0.3, -0.25) is 4.98 Å². The van der Waals surface area contributed by atoms with Crippen molar-refractivity contribution in [2.75, 3.05) is 6.54 Å². The number of carboxylic acids is 1. The number of carbonyl (C=O) groups is 1. The SMILES string of the molecule is Cc1ccc(C(O)CNC(C)c2nccc3ccccc23)cc1.O=C(O)C(F)(F)F. The number of carboxylic acid groups (broad SMARTS) is 1. The van der Waals surface area contributed by atoms with E-state index >= 15 is 0 Å². The summed E-state index contributed by atoms with van der Waals surface area (Å²) >= 11 is 0. The van der Waals surface area contributed by atoms with Crippen molar-refractivity contribution in [1.29, 1.82) is 0 Å². The summed E-state index contributed by atoms with van der Waals surface area (Å²) in [5.74, 6) is -2.76. The number of pyridine rings is 1. The topological polar surface area (TPSA) is 82.5 Å². The number of fused-ring (bicyclic) bond motifs is 1. The Balaban J connectivity index is 0.000000396. The highest BCUT2D eigenvalue weighted by Gasteiger charge is 2.38. The summed E-state index contributed by atoms with van der Waals surface area (Å²) < 4.78 is 31.7. The Morgan fingerprint density at radius 2 is 1.70 bits per heavy atom. The van der Waals surface area contributed by atoms with Gasteiger partial charge in [0.1, 0.15) is 0 Å². The highest BCUT2D eigenvalue weighted by atomic mass is 19.4. The molecule has 0 bridgehead atoms. The van der Waals surface area contributed by atoms with Gasteiger partial charge in [-0.1, -0.05) is 54.1 Å². The van der Waals surface area contributed by atoms with E-state index in [-0.39, 0.29) is 6.04 Å². The summed E-state index contributed by atoms with van der Waals surface area (Å²) in [4.78, 5) is 13.4. The van der Waals surface area contributed by atoms with E-state index in [1.54, 1.807) is 0 Å². The second-order valence-electron chi connectivity index (χ2n) is 6.78. The Morgan fingerprint density at radius 1 is 1.10 bits per heavy atom. The van der Waals surface area contributed by atoms with Crippen molar-refractivity contribution in [3.05, 3.63) is 77.6 Å². The molecule has 0 saturated carbocycles. The maximum absolute atomic E-state index is 10.6. The van der Waals surface area contributed by atoms with Crippen LogP contribution in [-0.4, -0.2) is 33.9 Å². The van der Waals surface area contributed by atoms with Crippen LogP contribution in [0.25, 0.3) is 10.8 Å². The van der Waals surface area contributed by atoms with E-state index < -0.39 is 18.2 Å². The van der Waals surface area contributed by atoms with Gasteiger partial charge in [0.2, 0.25) is 0 Å². The minimum Gasteiger partial charge on any atom is -0.475 e. The smallest absolute Gasteiger partial charge is 0.475 e. The number of nitrogens with zero attached hydrogens (tertiary/aromatic N) is 1. The van der Waals surface area contributed by atoms with Crippen LogP contribution in [0.1, 0.15) is 35.9 Å². The van der Waals surface area contributed by atoms with Crippen LogP contribution in [-0.2, 0) is 4.79 Å². The highest BCUT2D eigenvalue weighted by Crippen LogP contribution is 2.22. The first-order chi connectivity index (χ1) is 14.1. The third-order valence-corrected chi connectivity index (χ3v) is 4.44. The number of nitrogens with one attached hydrogen (secondary N) is 1. The van der Waals surface area contributed by atoms with Crippen molar-refractivity contribution in [1.82, 2.24) is 10.3 Å². The normalized spacial score (nSPS) is 13.3. The minimum atomic E-state index is -5.08. The van der Waals surface area contributed by atoms with Crippen LogP contribution in [0, 0.1) is 6.92 Å². The average Bonchev–Trinajstić information content (AvgIpc) is 2.71. The van der Waals surface area contributed by atoms with E-state index in [2.05, 4.69) is 29.4 Å². The molecule has 0 amide bonds. The number of aliphatic hydroxyl groups is 1. The van der Waals surface area contributed by atoms with Gasteiger partial charge in [0.25, 0.3) is 0 Å². The zero-order valence-corrected chi connectivity index (χ0v) is 16.5. The number of hydrogen-bond acceptors (Lipinski definition) is 4. The molecule has 2 atom stereocenters. The fourth-order valence-electron chi connectivity index (χ4n) is 2.78. The monoisotopic (exact) mass is 420 g/mol. The second-order valence-corrected chi connectivity index (χ2v) is 6.78. The quantitative estimate of drug-likeness (QED) is 0.564. The largest absolute Gasteiger partial charge is 0.490 e. The third kappa shape index (κ3) is 6.53. The summed E-state index contributed by atoms with van der Waals surface area (Å²) in [6.45, 7) is 4.62. The summed E-state index contributed by atoms with van der Waals surface area (Å²) in [6, 6.07) is 18.3. The Hall–Kier alpha value is -2.97. The number of hydrogen-bond donors (Lipinski definition) is 3. The van der Waals surface area contributed by atoms with Gasteiger partial charge in [0.05, 0.1) is 11.8 Å². The van der Waals surface area contributed by atoms with Crippen molar-refractivity contribution in [2.45, 2.75) is 32.2 Å². The molecule has 3 rings (SSSR count). The predicted octanol–water partition coefficient (Wildman–Crippen LogP) is 4.56. The molecule has 30 heavy (non-hydrogen) atoms. The zero-order chi connectivity index (χ0) is 22.3. The van der Waals surface area contributed by atoms with E-state index in [1.807, 2.05) is 55.6 Å². The van der Waals surface area contributed by atoms with E-state index in [1.165, 1.54) is 10.9 Å². The van der Waals surface area contributed by atoms with Gasteiger partial charge in [-0.05, 0) is 30.9 Å². The number of aliphatic carboxylic acids is 1. The maximum atomic E-state index is 10.6. The number of aromatic nitrogens is 1. The minimum absolute atomic E-state index is 0.0706. The lowest BCUT2D eigenvalue weighted by Gasteiger charge is -2.18. The molecule has 2 unspecified atom stereocenters. The van der Waals surface area contributed by atoms with Crippen molar-refractivity contribution in [2.24, 2.45) is 0 Å². The molecule has 1 aromatic heterocycles. The molecular formula is C22H23F3N2O3. The molecule has 0 aliphatic heterocycles. The molecule has 0 fully saturated rings. The molecule has 1 heterocycles. The molecule has 0 aliphatic carbocycles. The summed E-state index contributed by atoms with van der Waals surface area (Å²) in [6.07, 6.45) is -3.76. The van der Waals surface area contributed by atoms with Gasteiger partial charge in [-0.15, -0.1) is 0 Å². The van der Waals surface area contributed by atoms with Crippen molar-refractivity contribution < 1.29 is 28.2 Å². The van der Waals surface area contributed by atoms with Crippen LogP contribution in [0.3, 0.4) is 0 Å². The van der Waals surface area contributed by atoms with Crippen LogP contribution in [0.15, 0.2) is 60.8 Å².